The first kappa shape index (κ1) is 13.6. The molecule has 1 saturated heterocycles. The first-order valence-corrected chi connectivity index (χ1v) is 8.69. The van der Waals surface area contributed by atoms with Gasteiger partial charge in [0.15, 0.2) is 0 Å². The summed E-state index contributed by atoms with van der Waals surface area (Å²) in [5.74, 6) is 0.941. The van der Waals surface area contributed by atoms with Gasteiger partial charge in [-0.15, -0.1) is 11.3 Å². The van der Waals surface area contributed by atoms with E-state index in [-0.39, 0.29) is 0 Å². The molecular weight excluding hydrogens is 252 g/mol. The summed E-state index contributed by atoms with van der Waals surface area (Å²) in [5, 5.41) is 2.22. The van der Waals surface area contributed by atoms with Crippen LogP contribution in [0.5, 0.6) is 0 Å². The maximum absolute atomic E-state index is 6.15. The van der Waals surface area contributed by atoms with Crippen molar-refractivity contribution in [2.45, 2.75) is 57.5 Å². The molecule has 2 aliphatic rings. The Morgan fingerprint density at radius 1 is 1.32 bits per heavy atom. The van der Waals surface area contributed by atoms with Crippen molar-refractivity contribution in [2.75, 3.05) is 13.1 Å². The number of thiophene rings is 1. The summed E-state index contributed by atoms with van der Waals surface area (Å²) in [7, 11) is 0. The highest BCUT2D eigenvalue weighted by Gasteiger charge is 2.37. The molecular formula is C16H26N2S. The molecule has 1 aliphatic heterocycles. The number of hydrogen-bond acceptors (Lipinski definition) is 3. The Labute approximate surface area is 121 Å². The predicted octanol–water partition coefficient (Wildman–Crippen LogP) is 3.71. The number of nitrogens with two attached hydrogens (primary N) is 1. The Balaban J connectivity index is 1.83. The van der Waals surface area contributed by atoms with Crippen LogP contribution in [-0.4, -0.2) is 24.0 Å². The van der Waals surface area contributed by atoms with Crippen LogP contribution in [0.25, 0.3) is 0 Å². The van der Waals surface area contributed by atoms with Gasteiger partial charge in [-0.2, -0.15) is 0 Å². The Kier molecular flexibility index (Phi) is 4.25. The van der Waals surface area contributed by atoms with Crippen LogP contribution in [0.2, 0.25) is 0 Å². The first-order valence-electron chi connectivity index (χ1n) is 7.81. The molecule has 2 heterocycles. The molecule has 0 aromatic carbocycles. The highest BCUT2D eigenvalue weighted by Crippen LogP contribution is 2.40. The van der Waals surface area contributed by atoms with Gasteiger partial charge in [-0.1, -0.05) is 12.8 Å². The van der Waals surface area contributed by atoms with E-state index in [1.165, 1.54) is 55.5 Å². The summed E-state index contributed by atoms with van der Waals surface area (Å²) in [6, 6.07) is 3.51. The van der Waals surface area contributed by atoms with E-state index < -0.39 is 0 Å². The number of nitrogens with zero attached hydrogens (tertiary/aromatic N) is 1. The summed E-state index contributed by atoms with van der Waals surface area (Å²) >= 11 is 1.89. The van der Waals surface area contributed by atoms with Crippen LogP contribution >= 0.6 is 11.3 Å². The number of aryl methyl sites for hydroxylation is 1. The minimum absolute atomic E-state index is 0.464. The Morgan fingerprint density at radius 2 is 2.11 bits per heavy atom. The maximum atomic E-state index is 6.15. The predicted molar refractivity (Wildman–Crippen MR) is 82.5 cm³/mol. The normalized spacial score (nSPS) is 30.0. The average Bonchev–Trinajstić information content (AvgIpc) is 2.86. The van der Waals surface area contributed by atoms with Crippen LogP contribution < -0.4 is 5.73 Å². The number of likely N-dealkylation sites (tertiary alicyclic amines) is 1. The van der Waals surface area contributed by atoms with E-state index in [9.17, 15) is 0 Å². The molecule has 0 amide bonds. The Bertz CT molecular complexity index is 413. The molecule has 2 fully saturated rings. The molecule has 3 unspecified atom stereocenters. The lowest BCUT2D eigenvalue weighted by Gasteiger charge is -2.47. The second-order valence-corrected chi connectivity index (χ2v) is 7.16. The van der Waals surface area contributed by atoms with Crippen molar-refractivity contribution in [2.24, 2.45) is 11.7 Å². The molecule has 0 radical (unpaired) electrons. The van der Waals surface area contributed by atoms with Crippen LogP contribution in [0.15, 0.2) is 11.4 Å². The van der Waals surface area contributed by atoms with E-state index in [2.05, 4.69) is 23.3 Å². The Hall–Kier alpha value is -0.380. The summed E-state index contributed by atoms with van der Waals surface area (Å²) in [6.45, 7) is 4.25. The molecule has 0 spiro atoms. The molecule has 1 aromatic rings. The van der Waals surface area contributed by atoms with E-state index in [1.807, 2.05) is 11.3 Å². The fraction of sp³-hybridized carbons (Fsp3) is 0.750. The van der Waals surface area contributed by atoms with Crippen molar-refractivity contribution in [1.82, 2.24) is 4.90 Å². The fourth-order valence-corrected chi connectivity index (χ4v) is 5.23. The van der Waals surface area contributed by atoms with Gasteiger partial charge in [-0.05, 0) is 62.1 Å². The molecule has 0 bridgehead atoms. The van der Waals surface area contributed by atoms with Crippen LogP contribution in [0.1, 0.15) is 55.0 Å². The summed E-state index contributed by atoms with van der Waals surface area (Å²) in [6.07, 6.45) is 8.51. The highest BCUT2D eigenvalue weighted by atomic mass is 32.1. The number of piperidine rings is 1. The molecule has 2 N–H and O–H groups in total. The van der Waals surface area contributed by atoms with E-state index in [0.717, 1.165) is 18.5 Å². The summed E-state index contributed by atoms with van der Waals surface area (Å²) in [4.78, 5) is 4.26. The molecule has 19 heavy (non-hydrogen) atoms. The zero-order valence-electron chi connectivity index (χ0n) is 12.0. The monoisotopic (exact) mass is 278 g/mol. The number of fused-ring (bicyclic) bond motifs is 1. The zero-order valence-corrected chi connectivity index (χ0v) is 12.8. The van der Waals surface area contributed by atoms with Crippen molar-refractivity contribution in [3.63, 3.8) is 0 Å². The van der Waals surface area contributed by atoms with Gasteiger partial charge in [0, 0.05) is 17.5 Å². The minimum Gasteiger partial charge on any atom is -0.329 e. The van der Waals surface area contributed by atoms with Crippen molar-refractivity contribution in [3.8, 4) is 0 Å². The van der Waals surface area contributed by atoms with Gasteiger partial charge < -0.3 is 5.73 Å². The summed E-state index contributed by atoms with van der Waals surface area (Å²) < 4.78 is 0. The van der Waals surface area contributed by atoms with Gasteiger partial charge in [0.05, 0.1) is 6.04 Å². The average molecular weight is 278 g/mol. The summed E-state index contributed by atoms with van der Waals surface area (Å²) in [5.41, 5.74) is 7.58. The smallest absolute Gasteiger partial charge is 0.0569 e. The Morgan fingerprint density at radius 3 is 2.84 bits per heavy atom. The van der Waals surface area contributed by atoms with Gasteiger partial charge in [0.25, 0.3) is 0 Å². The van der Waals surface area contributed by atoms with Crippen LogP contribution in [0.4, 0.5) is 0 Å². The van der Waals surface area contributed by atoms with Crippen LogP contribution in [0.3, 0.4) is 0 Å². The van der Waals surface area contributed by atoms with E-state index in [1.54, 1.807) is 0 Å². The number of hydrogen-bond donors (Lipinski definition) is 1. The van der Waals surface area contributed by atoms with Crippen molar-refractivity contribution in [3.05, 3.63) is 21.9 Å². The third-order valence-corrected chi connectivity index (χ3v) is 6.23. The molecule has 1 aliphatic carbocycles. The highest BCUT2D eigenvalue weighted by molar-refractivity contribution is 7.10. The molecule has 3 heteroatoms. The van der Waals surface area contributed by atoms with Gasteiger partial charge in [0.2, 0.25) is 0 Å². The second kappa shape index (κ2) is 5.94. The third kappa shape index (κ3) is 2.61. The molecule has 1 aromatic heterocycles. The van der Waals surface area contributed by atoms with E-state index in [4.69, 9.17) is 5.73 Å². The molecule has 1 saturated carbocycles. The van der Waals surface area contributed by atoms with Gasteiger partial charge in [-0.3, -0.25) is 4.90 Å². The lowest BCUT2D eigenvalue weighted by Crippen LogP contribution is -2.49. The SMILES string of the molecule is Cc1ccsc1C(CN)N1CCCC2CCCCC21. The first-order chi connectivity index (χ1) is 9.31. The lowest BCUT2D eigenvalue weighted by atomic mass is 9.77. The topological polar surface area (TPSA) is 29.3 Å². The lowest BCUT2D eigenvalue weighted by molar-refractivity contribution is 0.0285. The van der Waals surface area contributed by atoms with Gasteiger partial charge >= 0.3 is 0 Å². The van der Waals surface area contributed by atoms with Crippen LogP contribution in [-0.2, 0) is 0 Å². The molecule has 2 nitrogen and oxygen atoms in total. The number of rotatable bonds is 3. The van der Waals surface area contributed by atoms with Crippen molar-refractivity contribution in [1.29, 1.82) is 0 Å². The standard InChI is InChI=1S/C16H26N2S/c1-12-8-10-19-16(12)15(11-17)18-9-4-6-13-5-2-3-7-14(13)18/h8,10,13-15H,2-7,9,11,17H2,1H3. The van der Waals surface area contributed by atoms with Crippen molar-refractivity contribution < 1.29 is 0 Å². The molecule has 3 atom stereocenters. The largest absolute Gasteiger partial charge is 0.329 e. The third-order valence-electron chi connectivity index (χ3n) is 5.11. The van der Waals surface area contributed by atoms with Crippen molar-refractivity contribution >= 4 is 11.3 Å². The van der Waals surface area contributed by atoms with E-state index in [0.29, 0.717) is 6.04 Å². The minimum atomic E-state index is 0.464. The van der Waals surface area contributed by atoms with E-state index >= 15 is 0 Å². The maximum Gasteiger partial charge on any atom is 0.0569 e. The second-order valence-electron chi connectivity index (χ2n) is 6.21. The molecule has 106 valence electrons. The quantitative estimate of drug-likeness (QED) is 0.913. The molecule has 3 rings (SSSR count). The van der Waals surface area contributed by atoms with Gasteiger partial charge in [0.1, 0.15) is 0 Å². The van der Waals surface area contributed by atoms with Crippen LogP contribution in [0, 0.1) is 12.8 Å². The van der Waals surface area contributed by atoms with Gasteiger partial charge in [-0.25, -0.2) is 0 Å². The fourth-order valence-electron chi connectivity index (χ4n) is 4.17. The zero-order chi connectivity index (χ0) is 13.2.